The first-order valence-electron chi connectivity index (χ1n) is 11.3. The van der Waals surface area contributed by atoms with E-state index in [0.29, 0.717) is 56.7 Å². The highest BCUT2D eigenvalue weighted by molar-refractivity contribution is 5.95. The van der Waals surface area contributed by atoms with E-state index in [1.165, 1.54) is 12.1 Å². The van der Waals surface area contributed by atoms with Crippen molar-refractivity contribution >= 4 is 17.4 Å². The molecule has 1 N–H and O–H groups in total. The third kappa shape index (κ3) is 5.16. The van der Waals surface area contributed by atoms with E-state index in [1.54, 1.807) is 4.90 Å². The van der Waals surface area contributed by atoms with E-state index in [2.05, 4.69) is 9.97 Å². The first-order chi connectivity index (χ1) is 16.5. The second-order valence-electron chi connectivity index (χ2n) is 8.83. The van der Waals surface area contributed by atoms with Gasteiger partial charge in [0.05, 0.1) is 5.54 Å². The summed E-state index contributed by atoms with van der Waals surface area (Å²) in [6.45, 7) is 1.06. The molecule has 7 nitrogen and oxygen atoms in total. The zero-order chi connectivity index (χ0) is 25.4. The fraction of sp³-hybridized carbons (Fsp3) is 0.522. The Labute approximate surface area is 198 Å². The van der Waals surface area contributed by atoms with E-state index in [9.17, 15) is 31.9 Å². The van der Waals surface area contributed by atoms with Crippen LogP contribution in [0.1, 0.15) is 44.9 Å². The van der Waals surface area contributed by atoms with Crippen LogP contribution in [0.5, 0.6) is 5.88 Å². The lowest BCUT2D eigenvalue weighted by molar-refractivity contribution is -0.190. The number of anilines is 2. The maximum absolute atomic E-state index is 13.9. The van der Waals surface area contributed by atoms with Gasteiger partial charge in [-0.05, 0) is 44.7 Å². The van der Waals surface area contributed by atoms with Gasteiger partial charge in [-0.3, -0.25) is 4.79 Å². The van der Waals surface area contributed by atoms with Crippen LogP contribution in [-0.4, -0.2) is 51.9 Å². The highest BCUT2D eigenvalue weighted by atomic mass is 19.4. The molecule has 2 aliphatic rings. The number of aliphatic hydroxyl groups is 1. The van der Waals surface area contributed by atoms with Gasteiger partial charge in [0.25, 0.3) is 0 Å². The van der Waals surface area contributed by atoms with Crippen LogP contribution >= 0.6 is 0 Å². The number of rotatable bonds is 5. The molecule has 0 saturated carbocycles. The number of nitrogens with zero attached hydrogens (tertiary/aromatic N) is 4. The monoisotopic (exact) mass is 500 g/mol. The van der Waals surface area contributed by atoms with Crippen LogP contribution in [0.25, 0.3) is 0 Å². The molecule has 0 bridgehead atoms. The number of halogens is 5. The third-order valence-corrected chi connectivity index (χ3v) is 6.57. The second-order valence-corrected chi connectivity index (χ2v) is 8.83. The van der Waals surface area contributed by atoms with E-state index in [-0.39, 0.29) is 17.6 Å². The first kappa shape index (κ1) is 25.1. The number of aromatic nitrogens is 2. The Kier molecular flexibility index (Phi) is 6.85. The lowest BCUT2D eigenvalue weighted by atomic mass is 9.78. The van der Waals surface area contributed by atoms with Gasteiger partial charge in [-0.1, -0.05) is 0 Å². The Hall–Kier alpha value is -3.02. The molecule has 1 spiro atoms. The number of carbonyl (C=O) groups excluding carboxylic acids is 1. The molecule has 3 heterocycles. The molecule has 1 aromatic carbocycles. The van der Waals surface area contributed by atoms with Gasteiger partial charge < -0.3 is 19.6 Å². The van der Waals surface area contributed by atoms with Crippen molar-refractivity contribution in [2.45, 2.75) is 63.5 Å². The normalized spacial score (nSPS) is 19.2. The van der Waals surface area contributed by atoms with Gasteiger partial charge in [-0.25, -0.2) is 13.8 Å². The molecular formula is C23H25F5N4O3. The van der Waals surface area contributed by atoms with Crippen LogP contribution in [-0.2, 0) is 11.4 Å². The predicted octanol–water partition coefficient (Wildman–Crippen LogP) is 4.13. The number of piperidine rings is 2. The maximum Gasteiger partial charge on any atom is 0.425 e. The van der Waals surface area contributed by atoms with Crippen molar-refractivity contribution in [3.05, 3.63) is 41.7 Å². The summed E-state index contributed by atoms with van der Waals surface area (Å²) in [6.07, 6.45) is -4.09. The van der Waals surface area contributed by atoms with Crippen LogP contribution in [0.2, 0.25) is 0 Å². The molecule has 4 rings (SSSR count). The highest BCUT2D eigenvalue weighted by Crippen LogP contribution is 2.42. The Morgan fingerprint density at radius 3 is 2.46 bits per heavy atom. The van der Waals surface area contributed by atoms with E-state index >= 15 is 0 Å². The zero-order valence-electron chi connectivity index (χ0n) is 19.0. The molecule has 190 valence electrons. The molecular weight excluding hydrogens is 475 g/mol. The number of alkyl halides is 3. The Morgan fingerprint density at radius 2 is 1.83 bits per heavy atom. The number of hydrogen-bond acceptors (Lipinski definition) is 6. The fourth-order valence-corrected chi connectivity index (χ4v) is 4.72. The quantitative estimate of drug-likeness (QED) is 0.622. The van der Waals surface area contributed by atoms with Gasteiger partial charge in [0.2, 0.25) is 11.8 Å². The molecule has 1 atom stereocenters. The third-order valence-electron chi connectivity index (χ3n) is 6.57. The number of amides is 1. The summed E-state index contributed by atoms with van der Waals surface area (Å²) in [5.74, 6) is -2.29. The largest absolute Gasteiger partial charge is 0.465 e. The SMILES string of the molecule is C[C@H](Oc1cc(N2CCC3(CCCC(=O)N3c3ccc(F)c(F)c3)CC2)nc(CO)n1)C(F)(F)F. The van der Waals surface area contributed by atoms with Crippen molar-refractivity contribution in [1.29, 1.82) is 0 Å². The van der Waals surface area contributed by atoms with Crippen LogP contribution < -0.4 is 14.5 Å². The van der Waals surface area contributed by atoms with Gasteiger partial charge >= 0.3 is 6.18 Å². The van der Waals surface area contributed by atoms with Crippen LogP contribution in [0.15, 0.2) is 24.3 Å². The van der Waals surface area contributed by atoms with E-state index < -0.39 is 36.1 Å². The van der Waals surface area contributed by atoms with Crippen molar-refractivity contribution < 1.29 is 36.6 Å². The first-order valence-corrected chi connectivity index (χ1v) is 11.3. The maximum atomic E-state index is 13.9. The summed E-state index contributed by atoms with van der Waals surface area (Å²) < 4.78 is 71.1. The van der Waals surface area contributed by atoms with Crippen LogP contribution in [0, 0.1) is 11.6 Å². The topological polar surface area (TPSA) is 78.8 Å². The molecule has 35 heavy (non-hydrogen) atoms. The molecule has 0 unspecified atom stereocenters. The molecule has 1 amide bonds. The van der Waals surface area contributed by atoms with Crippen LogP contribution in [0.3, 0.4) is 0 Å². The molecule has 0 aliphatic carbocycles. The predicted molar refractivity (Wildman–Crippen MR) is 116 cm³/mol. The van der Waals surface area contributed by atoms with Crippen molar-refractivity contribution in [2.24, 2.45) is 0 Å². The minimum absolute atomic E-state index is 0.0802. The molecule has 2 aliphatic heterocycles. The number of aliphatic hydroxyl groups excluding tert-OH is 1. The Bertz CT molecular complexity index is 1090. The van der Waals surface area contributed by atoms with Gasteiger partial charge in [-0.2, -0.15) is 18.2 Å². The van der Waals surface area contributed by atoms with Gasteiger partial charge in [0.15, 0.2) is 23.6 Å². The van der Waals surface area contributed by atoms with Crippen molar-refractivity contribution in [3.63, 3.8) is 0 Å². The Morgan fingerprint density at radius 1 is 1.11 bits per heavy atom. The van der Waals surface area contributed by atoms with Gasteiger partial charge in [0, 0.05) is 37.3 Å². The minimum atomic E-state index is -4.58. The molecule has 2 saturated heterocycles. The lowest BCUT2D eigenvalue weighted by Gasteiger charge is -2.51. The van der Waals surface area contributed by atoms with Crippen molar-refractivity contribution in [2.75, 3.05) is 22.9 Å². The number of carbonyl (C=O) groups is 1. The van der Waals surface area contributed by atoms with Gasteiger partial charge in [0.1, 0.15) is 12.4 Å². The van der Waals surface area contributed by atoms with Crippen molar-refractivity contribution in [1.82, 2.24) is 9.97 Å². The second kappa shape index (κ2) is 9.56. The smallest absolute Gasteiger partial charge is 0.425 e. The average Bonchev–Trinajstić information content (AvgIpc) is 2.81. The summed E-state index contributed by atoms with van der Waals surface area (Å²) in [7, 11) is 0. The molecule has 1 aromatic heterocycles. The number of benzene rings is 1. The number of ether oxygens (including phenoxy) is 1. The summed E-state index contributed by atoms with van der Waals surface area (Å²) >= 11 is 0. The lowest BCUT2D eigenvalue weighted by Crippen LogP contribution is -2.60. The highest BCUT2D eigenvalue weighted by Gasteiger charge is 2.45. The van der Waals surface area contributed by atoms with E-state index in [4.69, 9.17) is 4.74 Å². The average molecular weight is 500 g/mol. The van der Waals surface area contributed by atoms with E-state index in [0.717, 1.165) is 19.1 Å². The van der Waals surface area contributed by atoms with E-state index in [1.807, 2.05) is 4.90 Å². The zero-order valence-corrected chi connectivity index (χ0v) is 19.0. The number of hydrogen-bond donors (Lipinski definition) is 1. The summed E-state index contributed by atoms with van der Waals surface area (Å²) in [6, 6.07) is 4.70. The fourth-order valence-electron chi connectivity index (χ4n) is 4.72. The standard InChI is InChI=1S/C23H25F5N4O3/c1-14(23(26,27)28)35-20-12-19(29-18(13-33)30-20)31-9-7-22(8-10-31)6-2-3-21(34)32(22)15-4-5-16(24)17(25)11-15/h4-5,11-12,14,33H,2-3,6-10,13H2,1H3/t14-/m0/s1. The molecule has 2 aromatic rings. The minimum Gasteiger partial charge on any atom is -0.465 e. The summed E-state index contributed by atoms with van der Waals surface area (Å²) in [4.78, 5) is 24.3. The van der Waals surface area contributed by atoms with Gasteiger partial charge in [-0.15, -0.1) is 0 Å². The molecule has 2 fully saturated rings. The molecule has 0 radical (unpaired) electrons. The van der Waals surface area contributed by atoms with Crippen LogP contribution in [0.4, 0.5) is 33.5 Å². The summed E-state index contributed by atoms with van der Waals surface area (Å²) in [5, 5.41) is 9.49. The van der Waals surface area contributed by atoms with Crippen molar-refractivity contribution in [3.8, 4) is 5.88 Å². The summed E-state index contributed by atoms with van der Waals surface area (Å²) in [5.41, 5.74) is -0.309. The Balaban J connectivity index is 1.56. The molecule has 12 heteroatoms.